The number of hydrogen-bond donors (Lipinski definition) is 1. The number of nitrogens with one attached hydrogen (secondary N) is 1. The Morgan fingerprint density at radius 3 is 2.61 bits per heavy atom. The average molecular weight is 383 g/mol. The van der Waals surface area contributed by atoms with Gasteiger partial charge >= 0.3 is 0 Å². The first-order valence-corrected chi connectivity index (χ1v) is 9.91. The smallest absolute Gasteiger partial charge is 0.251 e. The van der Waals surface area contributed by atoms with Gasteiger partial charge in [0, 0.05) is 24.3 Å². The number of carbonyl (C=O) groups excluding carboxylic acids is 1. The highest BCUT2D eigenvalue weighted by atomic mass is 16.5. The molecule has 1 aliphatic rings. The molecule has 5 nitrogen and oxygen atoms in total. The van der Waals surface area contributed by atoms with Gasteiger partial charge in [-0.25, -0.2) is 0 Å². The summed E-state index contributed by atoms with van der Waals surface area (Å²) < 4.78 is 17.3. The third-order valence-corrected chi connectivity index (χ3v) is 4.73. The molecule has 1 heterocycles. The van der Waals surface area contributed by atoms with Crippen LogP contribution >= 0.6 is 0 Å². The van der Waals surface area contributed by atoms with Gasteiger partial charge in [-0.2, -0.15) is 0 Å². The summed E-state index contributed by atoms with van der Waals surface area (Å²) >= 11 is 0. The second kappa shape index (κ2) is 9.60. The minimum Gasteiger partial charge on any atom is -0.493 e. The Morgan fingerprint density at radius 2 is 1.93 bits per heavy atom. The van der Waals surface area contributed by atoms with Gasteiger partial charge in [-0.1, -0.05) is 6.07 Å². The second-order valence-corrected chi connectivity index (χ2v) is 7.21. The topological polar surface area (TPSA) is 56.8 Å². The number of aryl methyl sites for hydroxylation is 2. The molecule has 150 valence electrons. The summed E-state index contributed by atoms with van der Waals surface area (Å²) in [5.74, 6) is 1.45. The molecule has 0 radical (unpaired) electrons. The Labute approximate surface area is 167 Å². The molecule has 0 bridgehead atoms. The fourth-order valence-electron chi connectivity index (χ4n) is 3.42. The van der Waals surface area contributed by atoms with E-state index in [0.29, 0.717) is 25.3 Å². The molecule has 0 spiro atoms. The molecule has 1 amide bonds. The van der Waals surface area contributed by atoms with Gasteiger partial charge in [0.2, 0.25) is 0 Å². The summed E-state index contributed by atoms with van der Waals surface area (Å²) in [5.41, 5.74) is 3.76. The number of rotatable bonds is 8. The first-order valence-electron chi connectivity index (χ1n) is 9.91. The van der Waals surface area contributed by atoms with E-state index in [1.54, 1.807) is 6.07 Å². The van der Waals surface area contributed by atoms with Gasteiger partial charge in [0.1, 0.15) is 18.1 Å². The highest BCUT2D eigenvalue weighted by Gasteiger charge is 2.17. The molecular weight excluding hydrogens is 354 g/mol. The molecule has 0 saturated carbocycles. The van der Waals surface area contributed by atoms with E-state index in [4.69, 9.17) is 14.2 Å². The molecule has 0 aliphatic carbocycles. The fourth-order valence-corrected chi connectivity index (χ4v) is 3.42. The van der Waals surface area contributed by atoms with Crippen molar-refractivity contribution < 1.29 is 19.0 Å². The van der Waals surface area contributed by atoms with Crippen LogP contribution < -0.4 is 14.8 Å². The van der Waals surface area contributed by atoms with E-state index in [2.05, 4.69) is 11.4 Å². The number of carbonyl (C=O) groups is 1. The quantitative estimate of drug-likeness (QED) is 0.743. The van der Waals surface area contributed by atoms with Gasteiger partial charge in [-0.15, -0.1) is 0 Å². The lowest BCUT2D eigenvalue weighted by molar-refractivity contribution is 0.0857. The third-order valence-electron chi connectivity index (χ3n) is 4.73. The highest BCUT2D eigenvalue weighted by molar-refractivity contribution is 5.94. The maximum absolute atomic E-state index is 12.5. The van der Waals surface area contributed by atoms with Gasteiger partial charge in [-0.3, -0.25) is 4.79 Å². The summed E-state index contributed by atoms with van der Waals surface area (Å²) in [6.07, 6.45) is 2.18. The maximum Gasteiger partial charge on any atom is 0.251 e. The van der Waals surface area contributed by atoms with Crippen LogP contribution in [0.1, 0.15) is 46.8 Å². The van der Waals surface area contributed by atoms with Crippen molar-refractivity contribution in [3.05, 3.63) is 58.7 Å². The summed E-state index contributed by atoms with van der Waals surface area (Å²) in [6.45, 7) is 8.25. The van der Waals surface area contributed by atoms with Crippen LogP contribution in [-0.2, 0) is 11.3 Å². The van der Waals surface area contributed by atoms with Gasteiger partial charge in [0.25, 0.3) is 5.91 Å². The lowest BCUT2D eigenvalue weighted by Gasteiger charge is -2.15. The molecule has 2 aromatic carbocycles. The lowest BCUT2D eigenvalue weighted by atomic mass is 10.1. The van der Waals surface area contributed by atoms with Crippen molar-refractivity contribution >= 4 is 5.91 Å². The summed E-state index contributed by atoms with van der Waals surface area (Å²) in [5, 5.41) is 2.96. The van der Waals surface area contributed by atoms with Crippen LogP contribution in [0.3, 0.4) is 0 Å². The predicted molar refractivity (Wildman–Crippen MR) is 109 cm³/mol. The molecule has 5 heteroatoms. The van der Waals surface area contributed by atoms with E-state index in [0.717, 1.165) is 47.6 Å². The van der Waals surface area contributed by atoms with Crippen molar-refractivity contribution in [2.24, 2.45) is 0 Å². The number of ether oxygens (including phenoxy) is 3. The summed E-state index contributed by atoms with van der Waals surface area (Å²) in [7, 11) is 0. The van der Waals surface area contributed by atoms with Gasteiger partial charge in [0.15, 0.2) is 0 Å². The molecule has 1 saturated heterocycles. The Hall–Kier alpha value is -2.53. The Balaban J connectivity index is 1.70. The Kier molecular flexibility index (Phi) is 6.93. The summed E-state index contributed by atoms with van der Waals surface area (Å²) in [4.78, 5) is 12.5. The van der Waals surface area contributed by atoms with Crippen LogP contribution in [0.2, 0.25) is 0 Å². The zero-order valence-corrected chi connectivity index (χ0v) is 16.9. The van der Waals surface area contributed by atoms with Crippen LogP contribution in [0, 0.1) is 13.8 Å². The van der Waals surface area contributed by atoms with E-state index in [9.17, 15) is 4.79 Å². The Bertz CT molecular complexity index is 792. The van der Waals surface area contributed by atoms with E-state index in [-0.39, 0.29) is 12.0 Å². The minimum atomic E-state index is -0.105. The van der Waals surface area contributed by atoms with Crippen molar-refractivity contribution in [1.82, 2.24) is 5.32 Å². The number of amides is 1. The molecule has 2 aromatic rings. The van der Waals surface area contributed by atoms with Crippen molar-refractivity contribution in [3.8, 4) is 11.5 Å². The molecule has 1 atom stereocenters. The van der Waals surface area contributed by atoms with E-state index in [1.165, 1.54) is 0 Å². The standard InChI is InChI=1S/C23H29NO4/c1-4-26-22-8-7-18(23(25)24-14-20-6-5-9-27-20)13-19(22)15-28-21-11-16(2)10-17(3)12-21/h7-8,10-13,20H,4-6,9,14-15H2,1-3H3,(H,24,25)/t20-/m0/s1. The molecule has 0 aromatic heterocycles. The molecular formula is C23H29NO4. The molecule has 1 fully saturated rings. The van der Waals surface area contributed by atoms with Gasteiger partial charge in [0.05, 0.1) is 12.7 Å². The lowest BCUT2D eigenvalue weighted by Crippen LogP contribution is -2.31. The average Bonchev–Trinajstić information content (AvgIpc) is 3.18. The largest absolute Gasteiger partial charge is 0.493 e. The van der Waals surface area contributed by atoms with Crippen molar-refractivity contribution in [1.29, 1.82) is 0 Å². The zero-order valence-electron chi connectivity index (χ0n) is 16.9. The van der Waals surface area contributed by atoms with Crippen LogP contribution in [0.5, 0.6) is 11.5 Å². The summed E-state index contributed by atoms with van der Waals surface area (Å²) in [6, 6.07) is 11.6. The molecule has 1 aliphatic heterocycles. The first kappa shape index (κ1) is 20.2. The maximum atomic E-state index is 12.5. The third kappa shape index (κ3) is 5.49. The predicted octanol–water partition coefficient (Wildman–Crippen LogP) is 4.19. The van der Waals surface area contributed by atoms with Crippen molar-refractivity contribution in [3.63, 3.8) is 0 Å². The minimum absolute atomic E-state index is 0.105. The van der Waals surface area contributed by atoms with Crippen LogP contribution in [0.15, 0.2) is 36.4 Å². The van der Waals surface area contributed by atoms with E-state index in [1.807, 2.05) is 45.0 Å². The normalized spacial score (nSPS) is 16.0. The molecule has 3 rings (SSSR count). The monoisotopic (exact) mass is 383 g/mol. The van der Waals surface area contributed by atoms with Gasteiger partial charge in [-0.05, 0) is 75.1 Å². The first-order chi connectivity index (χ1) is 13.5. The Morgan fingerprint density at radius 1 is 1.14 bits per heavy atom. The van der Waals surface area contributed by atoms with Crippen LogP contribution in [0.4, 0.5) is 0 Å². The van der Waals surface area contributed by atoms with Crippen LogP contribution in [0.25, 0.3) is 0 Å². The second-order valence-electron chi connectivity index (χ2n) is 7.21. The molecule has 0 unspecified atom stereocenters. The van der Waals surface area contributed by atoms with Gasteiger partial charge < -0.3 is 19.5 Å². The van der Waals surface area contributed by atoms with Crippen molar-refractivity contribution in [2.75, 3.05) is 19.8 Å². The van der Waals surface area contributed by atoms with Crippen molar-refractivity contribution in [2.45, 2.75) is 46.3 Å². The number of hydrogen-bond acceptors (Lipinski definition) is 4. The number of benzene rings is 2. The molecule has 28 heavy (non-hydrogen) atoms. The molecule has 1 N–H and O–H groups in total. The SMILES string of the molecule is CCOc1ccc(C(=O)NC[C@@H]2CCCO2)cc1COc1cc(C)cc(C)c1. The zero-order chi connectivity index (χ0) is 19.9. The van der Waals surface area contributed by atoms with E-state index < -0.39 is 0 Å². The van der Waals surface area contributed by atoms with Crippen LogP contribution in [-0.4, -0.2) is 31.8 Å². The fraction of sp³-hybridized carbons (Fsp3) is 0.435. The van der Waals surface area contributed by atoms with E-state index >= 15 is 0 Å². The highest BCUT2D eigenvalue weighted by Crippen LogP contribution is 2.24.